The number of rotatable bonds is 6. The van der Waals surface area contributed by atoms with Gasteiger partial charge in [0.05, 0.1) is 0 Å². The second-order valence-corrected chi connectivity index (χ2v) is 5.59. The Morgan fingerprint density at radius 3 is 2.56 bits per heavy atom. The summed E-state index contributed by atoms with van der Waals surface area (Å²) >= 11 is 0. The summed E-state index contributed by atoms with van der Waals surface area (Å²) in [6.07, 6.45) is 0. The van der Waals surface area contributed by atoms with Crippen LogP contribution in [0.2, 0.25) is 0 Å². The van der Waals surface area contributed by atoms with Crippen LogP contribution in [0, 0.1) is 0 Å². The molecule has 0 radical (unpaired) electrons. The van der Waals surface area contributed by atoms with Crippen molar-refractivity contribution in [3.63, 3.8) is 0 Å². The molecule has 0 unspecified atom stereocenters. The summed E-state index contributed by atoms with van der Waals surface area (Å²) in [5.74, 6) is -1.15. The second-order valence-electron chi connectivity index (χ2n) is 3.91. The van der Waals surface area contributed by atoms with E-state index in [0.29, 0.717) is 0 Å². The molecule has 7 heteroatoms. The molecule has 2 N–H and O–H groups in total. The molecule has 0 spiro atoms. The van der Waals surface area contributed by atoms with Gasteiger partial charge in [0.25, 0.3) is 0 Å². The van der Waals surface area contributed by atoms with Gasteiger partial charge in [-0.15, -0.1) is 0 Å². The zero-order valence-electron chi connectivity index (χ0n) is 10.1. The first-order chi connectivity index (χ1) is 8.33. The lowest BCUT2D eigenvalue weighted by Gasteiger charge is -2.13. The molecule has 0 bridgehead atoms. The van der Waals surface area contributed by atoms with Crippen molar-refractivity contribution in [2.24, 2.45) is 0 Å². The van der Waals surface area contributed by atoms with Gasteiger partial charge in [0.1, 0.15) is 10.6 Å². The van der Waals surface area contributed by atoms with E-state index >= 15 is 0 Å². The van der Waals surface area contributed by atoms with Crippen molar-refractivity contribution >= 4 is 16.0 Å². The van der Waals surface area contributed by atoms with Crippen molar-refractivity contribution in [1.29, 1.82) is 0 Å². The zero-order valence-corrected chi connectivity index (χ0v) is 10.9. The van der Waals surface area contributed by atoms with Crippen LogP contribution in [-0.4, -0.2) is 32.1 Å². The standard InChI is InChI=1S/C11H15NO5S/c1-8(2)12-18(15,16)10-6-4-3-5-9(10)17-7-11(13)14/h3-6,8,12H,7H2,1-2H3,(H,13,14). The smallest absolute Gasteiger partial charge is 0.341 e. The van der Waals surface area contributed by atoms with E-state index < -0.39 is 22.6 Å². The van der Waals surface area contributed by atoms with Crippen molar-refractivity contribution in [3.05, 3.63) is 24.3 Å². The molecule has 0 aliphatic heterocycles. The number of hydrogen-bond donors (Lipinski definition) is 2. The highest BCUT2D eigenvalue weighted by Gasteiger charge is 2.20. The maximum atomic E-state index is 12.0. The van der Waals surface area contributed by atoms with Crippen LogP contribution in [0.3, 0.4) is 0 Å². The van der Waals surface area contributed by atoms with E-state index in [9.17, 15) is 13.2 Å². The summed E-state index contributed by atoms with van der Waals surface area (Å²) in [5, 5.41) is 8.52. The first-order valence-corrected chi connectivity index (χ1v) is 6.77. The number of benzene rings is 1. The van der Waals surface area contributed by atoms with Crippen LogP contribution in [0.25, 0.3) is 0 Å². The van der Waals surface area contributed by atoms with Gasteiger partial charge in [-0.1, -0.05) is 12.1 Å². The molecule has 6 nitrogen and oxygen atoms in total. The molecule has 0 saturated carbocycles. The number of para-hydroxylation sites is 1. The maximum absolute atomic E-state index is 12.0. The van der Waals surface area contributed by atoms with Crippen LogP contribution >= 0.6 is 0 Å². The molecule has 0 aromatic heterocycles. The monoisotopic (exact) mass is 273 g/mol. The van der Waals surface area contributed by atoms with Gasteiger partial charge < -0.3 is 9.84 Å². The molecule has 0 atom stereocenters. The summed E-state index contributed by atoms with van der Waals surface area (Å²) in [4.78, 5) is 10.4. The molecule has 0 amide bonds. The van der Waals surface area contributed by atoms with Gasteiger partial charge in [-0.2, -0.15) is 0 Å². The summed E-state index contributed by atoms with van der Waals surface area (Å²) in [5.41, 5.74) is 0. The highest BCUT2D eigenvalue weighted by molar-refractivity contribution is 7.89. The fourth-order valence-corrected chi connectivity index (χ4v) is 2.70. The van der Waals surface area contributed by atoms with Gasteiger partial charge in [0, 0.05) is 6.04 Å². The lowest BCUT2D eigenvalue weighted by molar-refractivity contribution is -0.139. The molecule has 1 aromatic rings. The molecule has 1 rings (SSSR count). The highest BCUT2D eigenvalue weighted by Crippen LogP contribution is 2.23. The van der Waals surface area contributed by atoms with E-state index in [1.54, 1.807) is 26.0 Å². The molecule has 0 fully saturated rings. The number of carboxylic acids is 1. The first-order valence-electron chi connectivity index (χ1n) is 5.29. The van der Waals surface area contributed by atoms with Gasteiger partial charge in [0.15, 0.2) is 6.61 Å². The molecular formula is C11H15NO5S. The normalized spacial score (nSPS) is 11.5. The first kappa shape index (κ1) is 14.5. The van der Waals surface area contributed by atoms with Crippen molar-refractivity contribution < 1.29 is 23.1 Å². The van der Waals surface area contributed by atoms with Crippen molar-refractivity contribution in [2.75, 3.05) is 6.61 Å². The van der Waals surface area contributed by atoms with Crippen LogP contribution in [-0.2, 0) is 14.8 Å². The fourth-order valence-electron chi connectivity index (χ4n) is 1.30. The Bertz CT molecular complexity index is 524. The van der Waals surface area contributed by atoms with Gasteiger partial charge in [0.2, 0.25) is 10.0 Å². The largest absolute Gasteiger partial charge is 0.480 e. The summed E-state index contributed by atoms with van der Waals surface area (Å²) in [7, 11) is -3.71. The van der Waals surface area contributed by atoms with E-state index in [4.69, 9.17) is 9.84 Å². The second kappa shape index (κ2) is 5.83. The number of sulfonamides is 1. The number of carbonyl (C=O) groups is 1. The van der Waals surface area contributed by atoms with Crippen LogP contribution in [0.1, 0.15) is 13.8 Å². The minimum Gasteiger partial charge on any atom is -0.480 e. The Morgan fingerprint density at radius 2 is 2.00 bits per heavy atom. The lowest BCUT2D eigenvalue weighted by atomic mass is 10.3. The van der Waals surface area contributed by atoms with Crippen LogP contribution < -0.4 is 9.46 Å². The molecule has 0 heterocycles. The number of carboxylic acid groups (broad SMARTS) is 1. The molecule has 0 aliphatic rings. The average molecular weight is 273 g/mol. The third-order valence-corrected chi connectivity index (χ3v) is 3.58. The van der Waals surface area contributed by atoms with Crippen molar-refractivity contribution in [2.45, 2.75) is 24.8 Å². The SMILES string of the molecule is CC(C)NS(=O)(=O)c1ccccc1OCC(=O)O. The van der Waals surface area contributed by atoms with Crippen molar-refractivity contribution in [3.8, 4) is 5.75 Å². The highest BCUT2D eigenvalue weighted by atomic mass is 32.2. The Hall–Kier alpha value is -1.60. The Kier molecular flexibility index (Phi) is 4.69. The minimum atomic E-state index is -3.71. The Labute approximate surface area is 106 Å². The number of hydrogen-bond acceptors (Lipinski definition) is 4. The van der Waals surface area contributed by atoms with Crippen LogP contribution in [0.4, 0.5) is 0 Å². The van der Waals surface area contributed by atoms with Crippen LogP contribution in [0.5, 0.6) is 5.75 Å². The molecule has 1 aromatic carbocycles. The molecule has 100 valence electrons. The third-order valence-electron chi connectivity index (χ3n) is 1.88. The fraction of sp³-hybridized carbons (Fsp3) is 0.364. The zero-order chi connectivity index (χ0) is 13.8. The molecule has 0 aliphatic carbocycles. The van der Waals surface area contributed by atoms with E-state index in [0.717, 1.165) is 0 Å². The number of aliphatic carboxylic acids is 1. The minimum absolute atomic E-state index is 0.0213. The summed E-state index contributed by atoms with van der Waals surface area (Å²) in [6.45, 7) is 2.80. The maximum Gasteiger partial charge on any atom is 0.341 e. The van der Waals surface area contributed by atoms with Gasteiger partial charge >= 0.3 is 5.97 Å². The topological polar surface area (TPSA) is 92.7 Å². The number of ether oxygens (including phenoxy) is 1. The Balaban J connectivity index is 3.05. The van der Waals surface area contributed by atoms with Crippen LogP contribution in [0.15, 0.2) is 29.2 Å². The van der Waals surface area contributed by atoms with Gasteiger partial charge in [-0.3, -0.25) is 0 Å². The summed E-state index contributed by atoms with van der Waals surface area (Å²) < 4.78 is 31.3. The lowest BCUT2D eigenvalue weighted by Crippen LogP contribution is -2.30. The van der Waals surface area contributed by atoms with Gasteiger partial charge in [-0.25, -0.2) is 17.9 Å². The van der Waals surface area contributed by atoms with E-state index in [2.05, 4.69) is 4.72 Å². The Morgan fingerprint density at radius 1 is 1.39 bits per heavy atom. The summed E-state index contributed by atoms with van der Waals surface area (Å²) in [6, 6.07) is 5.64. The van der Waals surface area contributed by atoms with E-state index in [-0.39, 0.29) is 16.7 Å². The van der Waals surface area contributed by atoms with E-state index in [1.807, 2.05) is 0 Å². The van der Waals surface area contributed by atoms with Gasteiger partial charge in [-0.05, 0) is 26.0 Å². The third kappa shape index (κ3) is 4.01. The molecular weight excluding hydrogens is 258 g/mol. The quantitative estimate of drug-likeness (QED) is 0.801. The predicted molar refractivity (Wildman–Crippen MR) is 65.0 cm³/mol. The van der Waals surface area contributed by atoms with Crippen molar-refractivity contribution in [1.82, 2.24) is 4.72 Å². The predicted octanol–water partition coefficient (Wildman–Crippen LogP) is 0.837. The number of nitrogens with one attached hydrogen (secondary N) is 1. The van der Waals surface area contributed by atoms with E-state index in [1.165, 1.54) is 12.1 Å². The molecule has 18 heavy (non-hydrogen) atoms. The molecule has 0 saturated heterocycles. The average Bonchev–Trinajstić information content (AvgIpc) is 2.25.